The average Bonchev–Trinajstić information content (AvgIpc) is 1.68. The van der Waals surface area contributed by atoms with E-state index in [1.54, 1.807) is 31.9 Å². The Morgan fingerprint density at radius 1 is 0.620 bits per heavy atom. The third-order valence-electron chi connectivity index (χ3n) is 25.9. The molecule has 9 aliphatic rings. The molecule has 7 aromatic rings. The number of nitrogens with two attached hydrogens (primary N) is 3. The van der Waals surface area contributed by atoms with Crippen LogP contribution < -0.4 is 51.6 Å². The number of nitrogens with one attached hydrogen (secondary N) is 1. The number of benzene rings is 5. The molecular weight excluding hydrogens is 1680 g/mol. The van der Waals surface area contributed by atoms with Crippen LogP contribution in [0.2, 0.25) is 0 Å². The summed E-state index contributed by atoms with van der Waals surface area (Å²) < 4.78 is 16.1. The number of halogens is 4. The fourth-order valence-electron chi connectivity index (χ4n) is 18.7. The minimum atomic E-state index is -1.72. The number of ketones is 1. The number of fused-ring (bicyclic) bond motifs is 7. The number of alkyl halides is 1. The molecule has 648 valence electrons. The third kappa shape index (κ3) is 25.8. The molecule has 2 saturated heterocycles. The number of carbonyl (C=O) groups is 6. The summed E-state index contributed by atoms with van der Waals surface area (Å²) in [6.07, 6.45) is 21.7. The summed E-state index contributed by atoms with van der Waals surface area (Å²) in [5.41, 5.74) is 30.1. The summed E-state index contributed by atoms with van der Waals surface area (Å²) >= 11 is 1.47. The number of nitrogens with zero attached hydrogens (tertiary/aromatic N) is 5. The number of amides is 2. The number of aromatic amines is 1. The zero-order valence-corrected chi connectivity index (χ0v) is 75.9. The van der Waals surface area contributed by atoms with Crippen molar-refractivity contribution in [1.29, 1.82) is 0 Å². The molecule has 3 saturated carbocycles. The summed E-state index contributed by atoms with van der Waals surface area (Å²) in [6.45, 7) is 19.3. The number of aliphatic carboxylic acids is 2. The van der Waals surface area contributed by atoms with Gasteiger partial charge in [0.15, 0.2) is 17.3 Å². The monoisotopic (exact) mass is 1790 g/mol. The van der Waals surface area contributed by atoms with Crippen molar-refractivity contribution in [3.63, 3.8) is 0 Å². The summed E-state index contributed by atoms with van der Waals surface area (Å²) in [4.78, 5) is 101. The molecule has 5 heterocycles. The number of rotatable bonds is 12. The van der Waals surface area contributed by atoms with E-state index in [-0.39, 0.29) is 107 Å². The van der Waals surface area contributed by atoms with Gasteiger partial charge in [-0.25, -0.2) is 54.8 Å². The Morgan fingerprint density at radius 3 is 1.49 bits per heavy atom. The van der Waals surface area contributed by atoms with Gasteiger partial charge in [-0.2, -0.15) is 4.98 Å². The van der Waals surface area contributed by atoms with Gasteiger partial charge < -0.3 is 57.1 Å². The number of aryl methyl sites for hydroxylation is 5. The number of carboxylic acids is 2. The van der Waals surface area contributed by atoms with Gasteiger partial charge in [0, 0.05) is 17.4 Å². The molecule has 5 fully saturated rings. The van der Waals surface area contributed by atoms with Crippen LogP contribution in [0.3, 0.4) is 0 Å². The molecule has 3 aliphatic heterocycles. The molecule has 29 heteroatoms. The summed E-state index contributed by atoms with van der Waals surface area (Å²) in [5.74, 6) is 1.38. The van der Waals surface area contributed by atoms with Gasteiger partial charge in [-0.3, -0.25) is 28.8 Å². The second-order valence-electron chi connectivity index (χ2n) is 34.3. The van der Waals surface area contributed by atoms with Crippen LogP contribution in [0, 0.1) is 55.3 Å². The van der Waals surface area contributed by atoms with E-state index >= 15 is 0 Å². The number of aromatic nitrogens is 4. The number of carboxylic acid groups (broad SMARTS) is 2. The molecule has 6 aliphatic carbocycles. The van der Waals surface area contributed by atoms with E-state index in [0.29, 0.717) is 77.1 Å². The Balaban J connectivity index is 0.000000210. The van der Waals surface area contributed by atoms with E-state index in [4.69, 9.17) is 82.2 Å². The van der Waals surface area contributed by atoms with Gasteiger partial charge in [0.25, 0.3) is 5.56 Å². The van der Waals surface area contributed by atoms with Crippen molar-refractivity contribution in [2.45, 2.75) is 244 Å². The number of imide groups is 1. The first-order chi connectivity index (χ1) is 56.4. The first-order valence-electron chi connectivity index (χ1n) is 41.3. The van der Waals surface area contributed by atoms with E-state index in [0.717, 1.165) is 100 Å². The topological polar surface area (TPSA) is 379 Å². The van der Waals surface area contributed by atoms with Gasteiger partial charge in [-0.1, -0.05) is 165 Å². The molecule has 121 heavy (non-hydrogen) atoms. The molecule has 10 N–H and O–H groups in total. The Hall–Kier alpha value is -7.65. The predicted molar refractivity (Wildman–Crippen MR) is 476 cm³/mol. The van der Waals surface area contributed by atoms with Gasteiger partial charge in [0.1, 0.15) is 35.3 Å². The minimum Gasteiger partial charge on any atom is -0.727 e. The number of cyclic esters (lactones) is 2. The summed E-state index contributed by atoms with van der Waals surface area (Å²) in [7, 11) is 14.8. The van der Waals surface area contributed by atoms with E-state index < -0.39 is 35.0 Å². The fraction of sp³-hybridized carbons (Fsp3) is 0.511. The Kier molecular flexibility index (Phi) is 37.2. The number of carbonyl (C=O) groups excluding carboxylic acids is 4. The SMILES string of the molecule is C.CC(=O)C(C)(C)Br.C[C@H](C(=O)N1C(=O)OCC1Cc1ccccc1)C1CCC2(CCc3ccccc32)CC1.C[C@H](C(=O)O)C1CCC2(CCc3ccccc32)CC1.Cc1nc(N)c(N)c(=O)[nH]1.Cc1nc(N)c2c(n1)OC(C)(C)C(c1ccc3c(c1)CCC31CCC([C@H](C)C(=O)O)CC1)=N2.O=C1CC(Cc2ccccc2)CO1.[Cl][Al]([Cl])[Cl].[Li+].[O-]O. The molecule has 2 aromatic heterocycles. The number of hydrogen-bond donors (Lipinski definition) is 7. The number of hydrogen-bond acceptors (Lipinski definition) is 19. The largest absolute Gasteiger partial charge is 1.00 e. The molecular formula is C92H119AlBrCl3LiN9O14. The predicted octanol–water partition coefficient (Wildman–Crippen LogP) is 14.8. The zero-order valence-electron chi connectivity index (χ0n) is 70.9. The quantitative estimate of drug-likeness (QED) is 0.0196. The molecule has 16 rings (SSSR count). The number of ether oxygens (including phenoxy) is 3. The zero-order chi connectivity index (χ0) is 86.9. The second-order valence-corrected chi connectivity index (χ2v) is 42.7. The molecule has 3 spiro atoms. The summed E-state index contributed by atoms with van der Waals surface area (Å²) in [6, 6.07) is 44.4. The first-order valence-corrected chi connectivity index (χ1v) is 47.3. The maximum atomic E-state index is 13.4. The van der Waals surface area contributed by atoms with Crippen LogP contribution in [0.4, 0.5) is 27.8 Å². The molecule has 2 amide bonds. The number of nitrogen functional groups attached to an aromatic ring is 3. The minimum absolute atomic E-state index is 0. The Bertz CT molecular complexity index is 4760. The fourth-order valence-corrected chi connectivity index (χ4v) is 18.7. The molecule has 2 unspecified atom stereocenters. The van der Waals surface area contributed by atoms with Crippen LogP contribution in [0.15, 0.2) is 137 Å². The molecule has 23 nitrogen and oxygen atoms in total. The number of esters is 1. The van der Waals surface area contributed by atoms with Gasteiger partial charge in [-0.05, 0) is 261 Å². The van der Waals surface area contributed by atoms with E-state index in [1.807, 2.05) is 97.0 Å². The van der Waals surface area contributed by atoms with Gasteiger partial charge >= 0.3 is 54.2 Å². The average molecular weight is 1800 g/mol. The smallest absolute Gasteiger partial charge is 0.727 e. The normalized spacial score (nSPS) is 23.4. The summed E-state index contributed by atoms with van der Waals surface area (Å²) in [5, 5.41) is 31.5. The van der Waals surface area contributed by atoms with Gasteiger partial charge in [0.05, 0.1) is 40.9 Å². The van der Waals surface area contributed by atoms with Crippen molar-refractivity contribution >= 4 is 122 Å². The standard InChI is InChI=1S/C27H31NO3.C26H32N4O3.C17H22O2.C11H12O2.C5H9BrO.C5H8N4O.CH4.Al.3ClH.Li.H2O2/c1-19(21-11-14-27(15-12-21)16-13-22-9-5-6-10-24(22)27)25(29)28-23(18-31-26(28)30)17-20-7-3-2-4-8-20;1-14(24(31)32)16-7-10-26(11-8-16)12-9-17-13-18(5-6-19(17)26)21-25(3,4)33-23-20(30-21)22(27)28-15(2)29-23;1-12(16(18)19)13-6-9-17(10-7-13)11-8-14-4-2-3-5-15(14)17;12-11-7-10(8-13-11)6-9-4-2-1-3-5-9;1-4(7)5(2,3)6;1-2-8-4(7)3(6)5(10)9-2;;;;;;;1-2/h2-10,19,21,23H,11-18H2,1H3;5-6,13-14,16H,7-12H2,1-4H3,(H,31,32)(H2,27,28,29);2-5,12-13H,6-11H2,1H3,(H,18,19);1-5,10H,6-8H2;1-3H3;6H2,1H3,(H3,7,8,9,10);1H4;;3*1H;;1-2H/q;;;;;;;+3;;;;+1;/p-4/t19-,21?,23?,27?;14-,16?,26?;12-,13?,17?;;;;;;;;;;/m000........../s1. The van der Waals surface area contributed by atoms with E-state index in [1.165, 1.54) is 71.2 Å². The Labute approximate surface area is 749 Å². The maximum Gasteiger partial charge on any atom is 1.00 e. The molecule has 0 bridgehead atoms. The second kappa shape index (κ2) is 44.8. The Morgan fingerprint density at radius 2 is 1.05 bits per heavy atom. The third-order valence-corrected chi connectivity index (χ3v) is 26.4. The van der Waals surface area contributed by atoms with Crippen LogP contribution in [0.25, 0.3) is 0 Å². The van der Waals surface area contributed by atoms with Crippen LogP contribution in [-0.2, 0) is 81.8 Å². The van der Waals surface area contributed by atoms with E-state index in [2.05, 4.69) is 115 Å². The van der Waals surface area contributed by atoms with Crippen molar-refractivity contribution in [2.75, 3.05) is 30.4 Å². The van der Waals surface area contributed by atoms with E-state index in [9.17, 15) is 38.7 Å². The van der Waals surface area contributed by atoms with Crippen LogP contribution in [-0.4, -0.2) is 122 Å². The van der Waals surface area contributed by atoms with Crippen molar-refractivity contribution in [3.05, 3.63) is 199 Å². The van der Waals surface area contributed by atoms with Crippen molar-refractivity contribution in [1.82, 2.24) is 24.8 Å². The first kappa shape index (κ1) is 100. The number of anilines is 3. The molecule has 0 radical (unpaired) electrons. The van der Waals surface area contributed by atoms with Crippen LogP contribution in [0.1, 0.15) is 227 Å². The van der Waals surface area contributed by atoms with Gasteiger partial charge in [-0.15, -0.1) is 0 Å². The maximum absolute atomic E-state index is 13.4. The number of Topliss-reactive ketones (excluding diaryl/α,β-unsaturated/α-hetero) is 1. The molecule has 5 atom stereocenters. The van der Waals surface area contributed by atoms with Crippen molar-refractivity contribution in [3.8, 4) is 5.88 Å². The van der Waals surface area contributed by atoms with Crippen molar-refractivity contribution in [2.24, 2.45) is 46.4 Å². The van der Waals surface area contributed by atoms with Crippen LogP contribution >= 0.6 is 46.1 Å². The van der Waals surface area contributed by atoms with Crippen molar-refractivity contribution < 1.29 is 82.6 Å². The number of H-pyrrole nitrogens is 1. The van der Waals surface area contributed by atoms with Gasteiger partial charge in [0.2, 0.25) is 11.8 Å². The number of aliphatic imine (C=N–C) groups is 1. The van der Waals surface area contributed by atoms with Crippen LogP contribution in [0.5, 0.6) is 5.88 Å². The molecule has 5 aromatic carbocycles.